The predicted molar refractivity (Wildman–Crippen MR) is 80.4 cm³/mol. The van der Waals surface area contributed by atoms with Crippen LogP contribution in [0.3, 0.4) is 0 Å². The molecule has 8 heteroatoms. The van der Waals surface area contributed by atoms with Crippen LogP contribution in [0.15, 0.2) is 4.90 Å². The molecule has 1 heterocycles. The molecule has 0 fully saturated rings. The number of amides is 1. The van der Waals surface area contributed by atoms with Gasteiger partial charge < -0.3 is 5.32 Å². The standard InChI is InChI=1S/C13H24N4O3S/c1-4-5-6-7-8-9(2)15-13(18)11-12(21(14,19)20)10(3)16-17-11/h9H,4-8H2,1-3H3,(H,15,18)(H,16,17)(H2,14,19,20). The average Bonchev–Trinajstić information content (AvgIpc) is 2.76. The Balaban J connectivity index is 2.69. The van der Waals surface area contributed by atoms with Gasteiger partial charge in [-0.3, -0.25) is 9.89 Å². The number of sulfonamides is 1. The second-order valence-electron chi connectivity index (χ2n) is 5.30. The maximum atomic E-state index is 12.1. The van der Waals surface area contributed by atoms with Gasteiger partial charge in [0.05, 0.1) is 5.69 Å². The molecule has 1 unspecified atom stereocenters. The van der Waals surface area contributed by atoms with Crippen molar-refractivity contribution < 1.29 is 13.2 Å². The molecule has 21 heavy (non-hydrogen) atoms. The van der Waals surface area contributed by atoms with Crippen molar-refractivity contribution in [2.45, 2.75) is 63.8 Å². The lowest BCUT2D eigenvalue weighted by Gasteiger charge is -2.13. The van der Waals surface area contributed by atoms with Crippen LogP contribution in [0.25, 0.3) is 0 Å². The van der Waals surface area contributed by atoms with Crippen LogP contribution in [0.2, 0.25) is 0 Å². The number of aromatic nitrogens is 2. The van der Waals surface area contributed by atoms with Crippen molar-refractivity contribution >= 4 is 15.9 Å². The molecule has 0 aromatic carbocycles. The number of hydrogen-bond donors (Lipinski definition) is 3. The van der Waals surface area contributed by atoms with E-state index in [1.807, 2.05) is 6.92 Å². The highest BCUT2D eigenvalue weighted by atomic mass is 32.2. The summed E-state index contributed by atoms with van der Waals surface area (Å²) in [6.07, 6.45) is 5.33. The molecule has 1 amide bonds. The van der Waals surface area contributed by atoms with Gasteiger partial charge in [-0.05, 0) is 20.3 Å². The lowest BCUT2D eigenvalue weighted by molar-refractivity contribution is 0.0929. The van der Waals surface area contributed by atoms with E-state index in [9.17, 15) is 13.2 Å². The lowest BCUT2D eigenvalue weighted by Crippen LogP contribution is -2.34. The van der Waals surface area contributed by atoms with Crippen LogP contribution in [0.5, 0.6) is 0 Å². The van der Waals surface area contributed by atoms with Crippen LogP contribution in [0, 0.1) is 6.92 Å². The Morgan fingerprint density at radius 2 is 2.05 bits per heavy atom. The van der Waals surface area contributed by atoms with Gasteiger partial charge in [0.15, 0.2) is 5.69 Å². The zero-order chi connectivity index (χ0) is 16.0. The fourth-order valence-corrected chi connectivity index (χ4v) is 3.04. The Hall–Kier alpha value is -1.41. The molecular weight excluding hydrogens is 292 g/mol. The van der Waals surface area contributed by atoms with Crippen molar-refractivity contribution in [1.29, 1.82) is 0 Å². The van der Waals surface area contributed by atoms with E-state index in [-0.39, 0.29) is 22.3 Å². The summed E-state index contributed by atoms with van der Waals surface area (Å²) in [6.45, 7) is 5.54. The van der Waals surface area contributed by atoms with E-state index in [0.717, 1.165) is 25.7 Å². The van der Waals surface area contributed by atoms with E-state index in [0.29, 0.717) is 0 Å². The van der Waals surface area contributed by atoms with Gasteiger partial charge in [-0.15, -0.1) is 0 Å². The summed E-state index contributed by atoms with van der Waals surface area (Å²) in [5.41, 5.74) is 0.0913. The number of unbranched alkanes of at least 4 members (excludes halogenated alkanes) is 3. The minimum atomic E-state index is -3.98. The molecule has 0 aliphatic carbocycles. The van der Waals surface area contributed by atoms with Gasteiger partial charge in [0.2, 0.25) is 10.0 Å². The molecule has 0 aliphatic heterocycles. The maximum Gasteiger partial charge on any atom is 0.273 e. The SMILES string of the molecule is CCCCCCC(C)NC(=O)c1n[nH]c(C)c1S(N)(=O)=O. The van der Waals surface area contributed by atoms with E-state index < -0.39 is 15.9 Å². The summed E-state index contributed by atoms with van der Waals surface area (Å²) in [7, 11) is -3.98. The maximum absolute atomic E-state index is 12.1. The lowest BCUT2D eigenvalue weighted by atomic mass is 10.1. The van der Waals surface area contributed by atoms with E-state index in [4.69, 9.17) is 5.14 Å². The second-order valence-corrected chi connectivity index (χ2v) is 6.79. The molecule has 1 rings (SSSR count). The van der Waals surface area contributed by atoms with Crippen LogP contribution < -0.4 is 10.5 Å². The molecule has 0 aliphatic rings. The zero-order valence-electron chi connectivity index (χ0n) is 12.8. The molecule has 0 spiro atoms. The molecule has 120 valence electrons. The Labute approximate surface area is 125 Å². The van der Waals surface area contributed by atoms with Gasteiger partial charge in [0.25, 0.3) is 5.91 Å². The minimum absolute atomic E-state index is 0.0420. The third-order valence-corrected chi connectivity index (χ3v) is 4.33. The van der Waals surface area contributed by atoms with Crippen molar-refractivity contribution in [1.82, 2.24) is 15.5 Å². The monoisotopic (exact) mass is 316 g/mol. The molecule has 1 atom stereocenters. The summed E-state index contributed by atoms with van der Waals surface area (Å²) in [5, 5.41) is 14.1. The first-order valence-electron chi connectivity index (χ1n) is 7.16. The van der Waals surface area contributed by atoms with E-state index in [1.54, 1.807) is 0 Å². The normalized spacial score (nSPS) is 13.1. The number of primary sulfonamides is 1. The van der Waals surface area contributed by atoms with E-state index >= 15 is 0 Å². The number of carbonyl (C=O) groups is 1. The summed E-state index contributed by atoms with van der Waals surface area (Å²) < 4.78 is 23.0. The Kier molecular flexibility index (Phi) is 6.35. The highest BCUT2D eigenvalue weighted by Gasteiger charge is 2.26. The predicted octanol–water partition coefficient (Wildman–Crippen LogP) is 1.45. The highest BCUT2D eigenvalue weighted by molar-refractivity contribution is 7.89. The summed E-state index contributed by atoms with van der Waals surface area (Å²) in [6, 6.07) is -0.0420. The van der Waals surface area contributed by atoms with Gasteiger partial charge in [-0.1, -0.05) is 32.6 Å². The summed E-state index contributed by atoms with van der Waals surface area (Å²) in [4.78, 5) is 11.9. The molecular formula is C13H24N4O3S. The molecule has 7 nitrogen and oxygen atoms in total. The Morgan fingerprint density at radius 3 is 2.62 bits per heavy atom. The molecule has 1 aromatic rings. The third kappa shape index (κ3) is 5.13. The highest BCUT2D eigenvalue weighted by Crippen LogP contribution is 2.16. The van der Waals surface area contributed by atoms with Crippen molar-refractivity contribution in [3.63, 3.8) is 0 Å². The number of aromatic amines is 1. The van der Waals surface area contributed by atoms with Crippen LogP contribution in [0.4, 0.5) is 0 Å². The molecule has 0 saturated carbocycles. The molecule has 0 radical (unpaired) electrons. The quantitative estimate of drug-likeness (QED) is 0.629. The van der Waals surface area contributed by atoms with Gasteiger partial charge in [0.1, 0.15) is 4.90 Å². The average molecular weight is 316 g/mol. The van der Waals surface area contributed by atoms with Gasteiger partial charge in [-0.25, -0.2) is 13.6 Å². The molecule has 0 saturated heterocycles. The molecule has 4 N–H and O–H groups in total. The number of aryl methyl sites for hydroxylation is 1. The number of nitrogens with two attached hydrogens (primary N) is 1. The van der Waals surface area contributed by atoms with Crippen LogP contribution in [-0.4, -0.2) is 30.6 Å². The molecule has 0 bridgehead atoms. The fraction of sp³-hybridized carbons (Fsp3) is 0.692. The number of rotatable bonds is 8. The number of carbonyl (C=O) groups excluding carboxylic acids is 1. The van der Waals surface area contributed by atoms with Crippen molar-refractivity contribution in [2.24, 2.45) is 5.14 Å². The summed E-state index contributed by atoms with van der Waals surface area (Å²) >= 11 is 0. The first-order valence-corrected chi connectivity index (χ1v) is 8.70. The van der Waals surface area contributed by atoms with Crippen LogP contribution in [0.1, 0.15) is 62.1 Å². The largest absolute Gasteiger partial charge is 0.348 e. The zero-order valence-corrected chi connectivity index (χ0v) is 13.6. The van der Waals surface area contributed by atoms with Crippen LogP contribution >= 0.6 is 0 Å². The third-order valence-electron chi connectivity index (χ3n) is 3.26. The first-order chi connectivity index (χ1) is 9.77. The minimum Gasteiger partial charge on any atom is -0.348 e. The van der Waals surface area contributed by atoms with Crippen molar-refractivity contribution in [3.8, 4) is 0 Å². The van der Waals surface area contributed by atoms with Gasteiger partial charge in [-0.2, -0.15) is 5.10 Å². The number of nitrogens with zero attached hydrogens (tertiary/aromatic N) is 1. The first kappa shape index (κ1) is 17.6. The number of H-pyrrole nitrogens is 1. The Bertz CT molecular complexity index is 580. The van der Waals surface area contributed by atoms with Crippen molar-refractivity contribution in [2.75, 3.05) is 0 Å². The van der Waals surface area contributed by atoms with Crippen LogP contribution in [-0.2, 0) is 10.0 Å². The number of hydrogen-bond acceptors (Lipinski definition) is 4. The molecule has 1 aromatic heterocycles. The Morgan fingerprint density at radius 1 is 1.38 bits per heavy atom. The van der Waals surface area contributed by atoms with E-state index in [2.05, 4.69) is 22.4 Å². The summed E-state index contributed by atoms with van der Waals surface area (Å²) in [5.74, 6) is -0.522. The number of nitrogens with one attached hydrogen (secondary N) is 2. The van der Waals surface area contributed by atoms with Crippen molar-refractivity contribution in [3.05, 3.63) is 11.4 Å². The second kappa shape index (κ2) is 7.56. The smallest absolute Gasteiger partial charge is 0.273 e. The van der Waals surface area contributed by atoms with E-state index in [1.165, 1.54) is 13.3 Å². The van der Waals surface area contributed by atoms with Gasteiger partial charge >= 0.3 is 0 Å². The fourth-order valence-electron chi connectivity index (χ4n) is 2.16. The van der Waals surface area contributed by atoms with Gasteiger partial charge in [0, 0.05) is 6.04 Å². The topological polar surface area (TPSA) is 118 Å².